The van der Waals surface area contributed by atoms with Gasteiger partial charge in [0.1, 0.15) is 5.69 Å². The van der Waals surface area contributed by atoms with Crippen molar-refractivity contribution in [3.63, 3.8) is 0 Å². The second-order valence-electron chi connectivity index (χ2n) is 5.23. The number of rotatable bonds is 1. The molecule has 0 bridgehead atoms. The van der Waals surface area contributed by atoms with Crippen molar-refractivity contribution in [2.24, 2.45) is 0 Å². The van der Waals surface area contributed by atoms with Crippen LogP contribution >= 0.6 is 0 Å². The number of aromatic nitrogens is 1. The first kappa shape index (κ1) is 12.1. The second-order valence-corrected chi connectivity index (χ2v) is 5.23. The molecule has 1 aliphatic heterocycles. The molecule has 0 radical (unpaired) electrons. The van der Waals surface area contributed by atoms with Gasteiger partial charge in [-0.1, -0.05) is 18.2 Å². The maximum atomic E-state index is 14.6. The number of pyridine rings is 1. The van der Waals surface area contributed by atoms with Crippen LogP contribution in [-0.4, -0.2) is 11.5 Å². The van der Waals surface area contributed by atoms with Gasteiger partial charge in [-0.2, -0.15) is 0 Å². The summed E-state index contributed by atoms with van der Waals surface area (Å²) in [4.78, 5) is 6.36. The standard InChI is InChI=1S/C17H14FN3/c18-13-10-14(19)12-5-3-8-20-16(12)17(13)21-9-7-11-4-1-2-6-15(11)21/h1-6,8,10H,7,9,19H2. The highest BCUT2D eigenvalue weighted by Gasteiger charge is 2.25. The number of fused-ring (bicyclic) bond motifs is 2. The van der Waals surface area contributed by atoms with Gasteiger partial charge in [-0.3, -0.25) is 4.98 Å². The molecule has 3 nitrogen and oxygen atoms in total. The molecule has 104 valence electrons. The lowest BCUT2D eigenvalue weighted by Crippen LogP contribution is -2.16. The van der Waals surface area contributed by atoms with Crippen LogP contribution in [-0.2, 0) is 6.42 Å². The van der Waals surface area contributed by atoms with E-state index in [-0.39, 0.29) is 5.82 Å². The number of hydrogen-bond donors (Lipinski definition) is 1. The molecule has 0 atom stereocenters. The Bertz CT molecular complexity index is 845. The van der Waals surface area contributed by atoms with Crippen molar-refractivity contribution in [3.8, 4) is 0 Å². The zero-order valence-corrected chi connectivity index (χ0v) is 11.4. The number of nitrogens with two attached hydrogens (primary N) is 1. The van der Waals surface area contributed by atoms with E-state index in [1.807, 2.05) is 35.2 Å². The maximum Gasteiger partial charge on any atom is 0.151 e. The predicted molar refractivity (Wildman–Crippen MR) is 83.3 cm³/mol. The Balaban J connectivity index is 2.00. The van der Waals surface area contributed by atoms with Gasteiger partial charge in [0, 0.05) is 29.5 Å². The van der Waals surface area contributed by atoms with Crippen molar-refractivity contribution < 1.29 is 4.39 Å². The monoisotopic (exact) mass is 279 g/mol. The van der Waals surface area contributed by atoms with E-state index in [0.717, 1.165) is 24.0 Å². The van der Waals surface area contributed by atoms with Crippen molar-refractivity contribution in [1.82, 2.24) is 4.98 Å². The molecule has 1 aliphatic rings. The Morgan fingerprint density at radius 1 is 1.14 bits per heavy atom. The molecule has 0 fully saturated rings. The van der Waals surface area contributed by atoms with Crippen LogP contribution in [0.25, 0.3) is 10.9 Å². The molecule has 2 aromatic carbocycles. The molecule has 0 saturated carbocycles. The van der Waals surface area contributed by atoms with E-state index < -0.39 is 0 Å². The number of hydrogen-bond acceptors (Lipinski definition) is 3. The fourth-order valence-corrected chi connectivity index (χ4v) is 3.05. The summed E-state index contributed by atoms with van der Waals surface area (Å²) < 4.78 is 14.6. The van der Waals surface area contributed by atoms with E-state index in [2.05, 4.69) is 11.1 Å². The van der Waals surface area contributed by atoms with Crippen LogP contribution in [0.3, 0.4) is 0 Å². The topological polar surface area (TPSA) is 42.1 Å². The van der Waals surface area contributed by atoms with Crippen LogP contribution in [0.15, 0.2) is 48.7 Å². The maximum absolute atomic E-state index is 14.6. The van der Waals surface area contributed by atoms with Gasteiger partial charge >= 0.3 is 0 Å². The summed E-state index contributed by atoms with van der Waals surface area (Å²) in [5.74, 6) is -0.324. The van der Waals surface area contributed by atoms with Gasteiger partial charge in [0.2, 0.25) is 0 Å². The number of para-hydroxylation sites is 1. The molecule has 3 aromatic rings. The summed E-state index contributed by atoms with van der Waals surface area (Å²) in [5.41, 5.74) is 9.76. The van der Waals surface area contributed by atoms with Crippen molar-refractivity contribution in [3.05, 3.63) is 60.0 Å². The molecule has 1 aromatic heterocycles. The lowest BCUT2D eigenvalue weighted by atomic mass is 10.1. The highest BCUT2D eigenvalue weighted by atomic mass is 19.1. The number of halogens is 1. The van der Waals surface area contributed by atoms with Crippen molar-refractivity contribution >= 4 is 28.0 Å². The van der Waals surface area contributed by atoms with Crippen LogP contribution in [0, 0.1) is 5.82 Å². The highest BCUT2D eigenvalue weighted by molar-refractivity contribution is 6.00. The zero-order valence-electron chi connectivity index (χ0n) is 11.4. The minimum absolute atomic E-state index is 0.324. The predicted octanol–water partition coefficient (Wildman–Crippen LogP) is 3.65. The number of nitrogen functional groups attached to an aromatic ring is 1. The van der Waals surface area contributed by atoms with Gasteiger partial charge in [0.15, 0.2) is 5.82 Å². The molecule has 2 heterocycles. The van der Waals surface area contributed by atoms with Gasteiger partial charge in [-0.05, 0) is 36.2 Å². The van der Waals surface area contributed by atoms with Gasteiger partial charge < -0.3 is 10.6 Å². The SMILES string of the molecule is Nc1cc(F)c(N2CCc3ccccc32)c2ncccc12. The summed E-state index contributed by atoms with van der Waals surface area (Å²) in [6, 6.07) is 13.2. The number of anilines is 3. The van der Waals surface area contributed by atoms with E-state index in [1.54, 1.807) is 6.20 Å². The molecular formula is C17H14FN3. The molecule has 4 heteroatoms. The van der Waals surface area contributed by atoms with E-state index in [4.69, 9.17) is 5.73 Å². The van der Waals surface area contributed by atoms with Gasteiger partial charge in [0.05, 0.1) is 5.52 Å². The second kappa shape index (κ2) is 4.45. The smallest absolute Gasteiger partial charge is 0.151 e. The number of benzene rings is 2. The quantitative estimate of drug-likeness (QED) is 0.691. The van der Waals surface area contributed by atoms with E-state index in [0.29, 0.717) is 16.9 Å². The third-order valence-corrected chi connectivity index (χ3v) is 4.01. The van der Waals surface area contributed by atoms with Gasteiger partial charge in [-0.15, -0.1) is 0 Å². The molecule has 4 rings (SSSR count). The highest BCUT2D eigenvalue weighted by Crippen LogP contribution is 2.40. The molecule has 0 amide bonds. The summed E-state index contributed by atoms with van der Waals surface area (Å²) in [7, 11) is 0. The van der Waals surface area contributed by atoms with E-state index >= 15 is 0 Å². The third kappa shape index (κ3) is 1.76. The van der Waals surface area contributed by atoms with Crippen LogP contribution < -0.4 is 10.6 Å². The Morgan fingerprint density at radius 2 is 2.00 bits per heavy atom. The van der Waals surface area contributed by atoms with Crippen LogP contribution in [0.2, 0.25) is 0 Å². The number of nitrogens with zero attached hydrogens (tertiary/aromatic N) is 2. The fourth-order valence-electron chi connectivity index (χ4n) is 3.05. The largest absolute Gasteiger partial charge is 0.398 e. The molecule has 0 unspecified atom stereocenters. The molecule has 2 N–H and O–H groups in total. The zero-order chi connectivity index (χ0) is 14.4. The minimum atomic E-state index is -0.324. The summed E-state index contributed by atoms with van der Waals surface area (Å²) >= 11 is 0. The Labute approximate surface area is 121 Å². The third-order valence-electron chi connectivity index (χ3n) is 4.01. The van der Waals surface area contributed by atoms with E-state index in [9.17, 15) is 4.39 Å². The summed E-state index contributed by atoms with van der Waals surface area (Å²) in [6.07, 6.45) is 2.58. The molecule has 0 saturated heterocycles. The summed E-state index contributed by atoms with van der Waals surface area (Å²) in [6.45, 7) is 0.756. The van der Waals surface area contributed by atoms with Gasteiger partial charge in [0.25, 0.3) is 0 Å². The lowest BCUT2D eigenvalue weighted by Gasteiger charge is -2.22. The normalized spacial score (nSPS) is 13.7. The lowest BCUT2D eigenvalue weighted by molar-refractivity contribution is 0.628. The van der Waals surface area contributed by atoms with Crippen LogP contribution in [0.1, 0.15) is 5.56 Å². The Kier molecular flexibility index (Phi) is 2.57. The van der Waals surface area contributed by atoms with Gasteiger partial charge in [-0.25, -0.2) is 4.39 Å². The Hall–Kier alpha value is -2.62. The van der Waals surface area contributed by atoms with Crippen LogP contribution in [0.4, 0.5) is 21.5 Å². The van der Waals surface area contributed by atoms with Crippen molar-refractivity contribution in [2.75, 3.05) is 17.2 Å². The minimum Gasteiger partial charge on any atom is -0.398 e. The fraction of sp³-hybridized carbons (Fsp3) is 0.118. The first-order valence-corrected chi connectivity index (χ1v) is 6.94. The van der Waals surface area contributed by atoms with Crippen molar-refractivity contribution in [1.29, 1.82) is 0 Å². The Morgan fingerprint density at radius 3 is 2.90 bits per heavy atom. The first-order valence-electron chi connectivity index (χ1n) is 6.94. The van der Waals surface area contributed by atoms with E-state index in [1.165, 1.54) is 11.6 Å². The average Bonchev–Trinajstić information content (AvgIpc) is 2.92. The van der Waals surface area contributed by atoms with Crippen LogP contribution in [0.5, 0.6) is 0 Å². The molecular weight excluding hydrogens is 265 g/mol. The first-order chi connectivity index (χ1) is 10.3. The molecule has 21 heavy (non-hydrogen) atoms. The molecule has 0 aliphatic carbocycles. The molecule has 0 spiro atoms. The summed E-state index contributed by atoms with van der Waals surface area (Å²) in [5, 5.41) is 0.790. The average molecular weight is 279 g/mol. The van der Waals surface area contributed by atoms with Crippen molar-refractivity contribution in [2.45, 2.75) is 6.42 Å².